The molecule has 0 radical (unpaired) electrons. The minimum atomic E-state index is -3.72. The molecule has 3 atom stereocenters. The highest BCUT2D eigenvalue weighted by atomic mass is 32.2. The summed E-state index contributed by atoms with van der Waals surface area (Å²) in [4.78, 5) is 63.3. The predicted octanol–water partition coefficient (Wildman–Crippen LogP) is 3.79. The molecule has 1 aromatic rings. The van der Waals surface area contributed by atoms with Gasteiger partial charge >= 0.3 is 6.09 Å². The standard InChI is InChI=1S/C33H55N5O8S.C3H8/c1-22(2)18-26(28(34)40)37-27(39)20-36-30(42)25(16-12-13-17-35-31(43)46-32(3,4)5)38-29(41)24(19-23-14-10-9-11-15-23)21-47(44,45)33(6,7)8;1-3-2/h9-11,14-15,22,24-26H,12-13,16-21H2,1-8H3,(H2,34,40)(H,35,43)(H,36,42)(H,37,39)(H,38,41);3H2,1-2H3/t24?,25-,26-;/m0./s1. The average Bonchev–Trinajstić information content (AvgIpc) is 2.97. The van der Waals surface area contributed by atoms with Crippen molar-refractivity contribution in [3.05, 3.63) is 35.9 Å². The number of rotatable bonds is 18. The minimum absolute atomic E-state index is 0.0812. The summed E-state index contributed by atoms with van der Waals surface area (Å²) in [5, 5.41) is 10.4. The topological polar surface area (TPSA) is 203 Å². The van der Waals surface area contributed by atoms with E-state index in [0.29, 0.717) is 19.3 Å². The fourth-order valence-corrected chi connectivity index (χ4v) is 5.73. The number of sulfone groups is 1. The molecule has 5 amide bonds. The molecule has 1 rings (SSSR count). The number of hydrogen-bond acceptors (Lipinski definition) is 8. The van der Waals surface area contributed by atoms with Gasteiger partial charge in [-0.3, -0.25) is 19.2 Å². The fraction of sp³-hybridized carbons (Fsp3) is 0.694. The van der Waals surface area contributed by atoms with Gasteiger partial charge in [0.1, 0.15) is 17.7 Å². The van der Waals surface area contributed by atoms with E-state index in [1.165, 1.54) is 6.42 Å². The van der Waals surface area contributed by atoms with Crippen LogP contribution in [-0.4, -0.2) is 79.4 Å². The third-order valence-corrected chi connectivity index (χ3v) is 9.79. The van der Waals surface area contributed by atoms with Crippen molar-refractivity contribution in [1.82, 2.24) is 21.3 Å². The second-order valence-corrected chi connectivity index (χ2v) is 17.6. The van der Waals surface area contributed by atoms with Crippen molar-refractivity contribution in [1.29, 1.82) is 0 Å². The maximum atomic E-state index is 13.7. The molecule has 286 valence electrons. The van der Waals surface area contributed by atoms with Gasteiger partial charge in [-0.05, 0) is 85.1 Å². The Morgan fingerprint density at radius 2 is 1.42 bits per heavy atom. The highest BCUT2D eigenvalue weighted by Gasteiger charge is 2.35. The minimum Gasteiger partial charge on any atom is -0.444 e. The third-order valence-electron chi connectivity index (χ3n) is 7.08. The monoisotopic (exact) mass is 725 g/mol. The van der Waals surface area contributed by atoms with Crippen LogP contribution in [0, 0.1) is 11.8 Å². The molecule has 0 spiro atoms. The Bertz CT molecular complexity index is 1320. The molecule has 0 aliphatic heterocycles. The molecule has 13 nitrogen and oxygen atoms in total. The van der Waals surface area contributed by atoms with E-state index in [2.05, 4.69) is 35.1 Å². The average molecular weight is 726 g/mol. The summed E-state index contributed by atoms with van der Waals surface area (Å²) in [6.45, 7) is 17.7. The molecule has 0 saturated carbocycles. The lowest BCUT2D eigenvalue weighted by atomic mass is 9.99. The molecule has 0 aliphatic carbocycles. The van der Waals surface area contributed by atoms with E-state index in [1.807, 2.05) is 19.9 Å². The van der Waals surface area contributed by atoms with Gasteiger partial charge in [0.2, 0.25) is 23.6 Å². The molecule has 14 heteroatoms. The van der Waals surface area contributed by atoms with Crippen LogP contribution >= 0.6 is 0 Å². The second kappa shape index (κ2) is 22.2. The Hall–Kier alpha value is -3.68. The number of carbonyl (C=O) groups excluding carboxylic acids is 5. The summed E-state index contributed by atoms with van der Waals surface area (Å²) in [6, 6.07) is 6.96. The largest absolute Gasteiger partial charge is 0.444 e. The first-order valence-electron chi connectivity index (χ1n) is 17.4. The van der Waals surface area contributed by atoms with E-state index in [4.69, 9.17) is 10.5 Å². The molecule has 0 aliphatic rings. The number of ether oxygens (including phenoxy) is 1. The molecule has 1 unspecified atom stereocenters. The molecule has 6 N–H and O–H groups in total. The molecule has 1 aromatic carbocycles. The number of benzene rings is 1. The van der Waals surface area contributed by atoms with Crippen molar-refractivity contribution in [2.45, 2.75) is 130 Å². The Morgan fingerprint density at radius 3 is 1.92 bits per heavy atom. The van der Waals surface area contributed by atoms with Crippen molar-refractivity contribution in [2.75, 3.05) is 18.8 Å². The van der Waals surface area contributed by atoms with Gasteiger partial charge in [0.05, 0.1) is 23.0 Å². The highest BCUT2D eigenvalue weighted by Crippen LogP contribution is 2.22. The van der Waals surface area contributed by atoms with Crippen LogP contribution in [0.15, 0.2) is 30.3 Å². The third kappa shape index (κ3) is 20.1. The van der Waals surface area contributed by atoms with Crippen LogP contribution in [0.4, 0.5) is 4.79 Å². The van der Waals surface area contributed by atoms with E-state index in [-0.39, 0.29) is 25.3 Å². The SMILES string of the molecule is CC(C)C[C@H](NC(=O)CNC(=O)[C@H](CCCCNC(=O)OC(C)(C)C)NC(=O)C(Cc1ccccc1)CS(=O)(=O)C(C)(C)C)C(N)=O.CCC. The maximum absolute atomic E-state index is 13.7. The van der Waals surface area contributed by atoms with Gasteiger partial charge in [-0.2, -0.15) is 0 Å². The number of amides is 5. The van der Waals surface area contributed by atoms with Gasteiger partial charge < -0.3 is 31.7 Å². The summed E-state index contributed by atoms with van der Waals surface area (Å²) in [7, 11) is -3.72. The van der Waals surface area contributed by atoms with Gasteiger partial charge in [-0.25, -0.2) is 13.2 Å². The maximum Gasteiger partial charge on any atom is 0.407 e. The summed E-state index contributed by atoms with van der Waals surface area (Å²) in [6.07, 6.45) is 2.09. The van der Waals surface area contributed by atoms with Crippen LogP contribution in [0.25, 0.3) is 0 Å². The van der Waals surface area contributed by atoms with Crippen molar-refractivity contribution in [3.63, 3.8) is 0 Å². The quantitative estimate of drug-likeness (QED) is 0.141. The normalized spacial score (nSPS) is 13.5. The van der Waals surface area contributed by atoms with Gasteiger partial charge in [-0.15, -0.1) is 0 Å². The van der Waals surface area contributed by atoms with Gasteiger partial charge in [-0.1, -0.05) is 64.4 Å². The summed E-state index contributed by atoms with van der Waals surface area (Å²) in [5.74, 6) is -3.96. The van der Waals surface area contributed by atoms with Crippen molar-refractivity contribution >= 4 is 39.6 Å². The van der Waals surface area contributed by atoms with Gasteiger partial charge in [0.15, 0.2) is 9.84 Å². The van der Waals surface area contributed by atoms with Crippen molar-refractivity contribution < 1.29 is 37.1 Å². The highest BCUT2D eigenvalue weighted by molar-refractivity contribution is 7.92. The van der Waals surface area contributed by atoms with Crippen LogP contribution in [0.3, 0.4) is 0 Å². The molecule has 0 aromatic heterocycles. The molecular weight excluding hydrogens is 662 g/mol. The van der Waals surface area contributed by atoms with Crippen molar-refractivity contribution in [3.8, 4) is 0 Å². The number of nitrogens with one attached hydrogen (secondary N) is 4. The number of alkyl carbamates (subject to hydrolysis) is 1. The van der Waals surface area contributed by atoms with Crippen molar-refractivity contribution in [2.24, 2.45) is 17.6 Å². The van der Waals surface area contributed by atoms with Crippen LogP contribution in [0.1, 0.15) is 107 Å². The van der Waals surface area contributed by atoms with Crippen LogP contribution < -0.4 is 27.0 Å². The molecule has 50 heavy (non-hydrogen) atoms. The zero-order valence-electron chi connectivity index (χ0n) is 31.8. The molecule has 0 heterocycles. The zero-order chi connectivity index (χ0) is 38.7. The summed E-state index contributed by atoms with van der Waals surface area (Å²) >= 11 is 0. The second-order valence-electron chi connectivity index (χ2n) is 14.8. The summed E-state index contributed by atoms with van der Waals surface area (Å²) in [5.41, 5.74) is 5.51. The van der Waals surface area contributed by atoms with E-state index in [0.717, 1.165) is 5.56 Å². The lowest BCUT2D eigenvalue weighted by molar-refractivity contribution is -0.132. The van der Waals surface area contributed by atoms with Crippen LogP contribution in [0.2, 0.25) is 0 Å². The number of primary amides is 1. The molecule has 0 saturated heterocycles. The van der Waals surface area contributed by atoms with E-state index in [1.54, 1.807) is 65.8 Å². The first-order valence-corrected chi connectivity index (χ1v) is 19.1. The predicted molar refractivity (Wildman–Crippen MR) is 197 cm³/mol. The lowest BCUT2D eigenvalue weighted by Crippen LogP contribution is -2.53. The van der Waals surface area contributed by atoms with E-state index in [9.17, 15) is 32.4 Å². The molecule has 0 fully saturated rings. The van der Waals surface area contributed by atoms with Gasteiger partial charge in [0, 0.05) is 6.54 Å². The number of nitrogens with two attached hydrogens (primary N) is 1. The first-order chi connectivity index (χ1) is 23.0. The lowest BCUT2D eigenvalue weighted by Gasteiger charge is -2.26. The Balaban J connectivity index is 0.00000770. The zero-order valence-corrected chi connectivity index (χ0v) is 32.6. The molecular formula is C36H63N5O8S. The van der Waals surface area contributed by atoms with Gasteiger partial charge in [0.25, 0.3) is 0 Å². The Morgan fingerprint density at radius 1 is 0.840 bits per heavy atom. The first kappa shape index (κ1) is 46.3. The fourth-order valence-electron chi connectivity index (χ4n) is 4.43. The molecule has 0 bridgehead atoms. The van der Waals surface area contributed by atoms with Crippen LogP contribution in [-0.2, 0) is 40.2 Å². The van der Waals surface area contributed by atoms with E-state index < -0.39 is 80.2 Å². The smallest absolute Gasteiger partial charge is 0.407 e. The Labute approximate surface area is 299 Å². The Kier molecular flexibility index (Phi) is 20.6. The summed E-state index contributed by atoms with van der Waals surface area (Å²) < 4.78 is 30.4. The number of hydrogen-bond donors (Lipinski definition) is 5. The number of unbranched alkanes of at least 4 members (excludes halogenated alkanes) is 1. The number of carbonyl (C=O) groups is 5. The van der Waals surface area contributed by atoms with Crippen LogP contribution in [0.5, 0.6) is 0 Å². The van der Waals surface area contributed by atoms with E-state index >= 15 is 0 Å².